The molecule has 20 heavy (non-hydrogen) atoms. The zero-order valence-electron chi connectivity index (χ0n) is 12.2. The molecular formula is C16H23NO3. The molecule has 1 aliphatic rings. The predicted octanol–water partition coefficient (Wildman–Crippen LogP) is 1.86. The van der Waals surface area contributed by atoms with Gasteiger partial charge in [0.15, 0.2) is 0 Å². The first kappa shape index (κ1) is 14.9. The highest BCUT2D eigenvalue weighted by Gasteiger charge is 2.25. The molecule has 1 saturated heterocycles. The molecular weight excluding hydrogens is 254 g/mol. The molecule has 0 radical (unpaired) electrons. The van der Waals surface area contributed by atoms with Crippen molar-refractivity contribution in [3.63, 3.8) is 0 Å². The van der Waals surface area contributed by atoms with Crippen molar-refractivity contribution in [2.24, 2.45) is 5.92 Å². The average molecular weight is 277 g/mol. The van der Waals surface area contributed by atoms with E-state index in [0.717, 1.165) is 37.2 Å². The predicted molar refractivity (Wildman–Crippen MR) is 77.7 cm³/mol. The van der Waals surface area contributed by atoms with Gasteiger partial charge in [0.25, 0.3) is 0 Å². The number of nitrogens with zero attached hydrogens (tertiary/aromatic N) is 1. The number of ether oxygens (including phenoxy) is 1. The van der Waals surface area contributed by atoms with Crippen LogP contribution in [0.4, 0.5) is 0 Å². The number of hydrogen-bond donors (Lipinski definition) is 1. The summed E-state index contributed by atoms with van der Waals surface area (Å²) in [6.07, 6.45) is 1.95. The monoisotopic (exact) mass is 277 g/mol. The first-order valence-electron chi connectivity index (χ1n) is 7.19. The molecule has 0 spiro atoms. The van der Waals surface area contributed by atoms with E-state index in [1.807, 2.05) is 36.1 Å². The molecule has 4 nitrogen and oxygen atoms in total. The molecule has 0 aromatic heterocycles. The number of hydrogen-bond acceptors (Lipinski definition) is 3. The largest absolute Gasteiger partial charge is 0.497 e. The molecule has 1 N–H and O–H groups in total. The lowest BCUT2D eigenvalue weighted by atomic mass is 9.92. The highest BCUT2D eigenvalue weighted by molar-refractivity contribution is 5.78. The topological polar surface area (TPSA) is 49.8 Å². The van der Waals surface area contributed by atoms with Gasteiger partial charge in [-0.2, -0.15) is 0 Å². The van der Waals surface area contributed by atoms with Crippen molar-refractivity contribution >= 4 is 5.91 Å². The summed E-state index contributed by atoms with van der Waals surface area (Å²) >= 11 is 0. The molecule has 1 atom stereocenters. The molecule has 110 valence electrons. The number of aliphatic hydroxyl groups is 1. The fourth-order valence-electron chi connectivity index (χ4n) is 2.66. The van der Waals surface area contributed by atoms with E-state index in [-0.39, 0.29) is 12.0 Å². The van der Waals surface area contributed by atoms with E-state index in [4.69, 9.17) is 4.74 Å². The van der Waals surface area contributed by atoms with Crippen LogP contribution in [0.25, 0.3) is 0 Å². The Morgan fingerprint density at radius 1 is 1.35 bits per heavy atom. The standard InChI is InChI=1S/C16H23NO3/c1-12(18)14-7-9-17(10-8-14)16(19)11-13-3-5-15(20-2)6-4-13/h3-6,12,14,18H,7-11H2,1-2H3. The summed E-state index contributed by atoms with van der Waals surface area (Å²) in [6.45, 7) is 3.34. The van der Waals surface area contributed by atoms with Gasteiger partial charge in [-0.05, 0) is 43.4 Å². The van der Waals surface area contributed by atoms with Crippen molar-refractivity contribution in [1.29, 1.82) is 0 Å². The van der Waals surface area contributed by atoms with Gasteiger partial charge in [0.2, 0.25) is 5.91 Å². The molecule has 1 fully saturated rings. The third kappa shape index (κ3) is 3.73. The number of aliphatic hydroxyl groups excluding tert-OH is 1. The Kier molecular flexibility index (Phi) is 5.01. The van der Waals surface area contributed by atoms with Crippen molar-refractivity contribution in [2.45, 2.75) is 32.3 Å². The Morgan fingerprint density at radius 2 is 1.95 bits per heavy atom. The number of rotatable bonds is 4. The van der Waals surface area contributed by atoms with E-state index in [1.54, 1.807) is 7.11 Å². The van der Waals surface area contributed by atoms with Crippen LogP contribution < -0.4 is 4.74 Å². The summed E-state index contributed by atoms with van der Waals surface area (Å²) in [5.74, 6) is 1.30. The van der Waals surface area contributed by atoms with E-state index in [0.29, 0.717) is 12.3 Å². The Balaban J connectivity index is 1.86. The quantitative estimate of drug-likeness (QED) is 0.914. The maximum absolute atomic E-state index is 12.2. The number of carbonyl (C=O) groups excluding carboxylic acids is 1. The minimum absolute atomic E-state index is 0.166. The van der Waals surface area contributed by atoms with Gasteiger partial charge in [-0.3, -0.25) is 4.79 Å². The minimum Gasteiger partial charge on any atom is -0.497 e. The van der Waals surface area contributed by atoms with Gasteiger partial charge in [0, 0.05) is 13.1 Å². The molecule has 0 aliphatic carbocycles. The number of carbonyl (C=O) groups is 1. The average Bonchev–Trinajstić information content (AvgIpc) is 2.48. The van der Waals surface area contributed by atoms with Crippen LogP contribution in [0.5, 0.6) is 5.75 Å². The zero-order valence-corrected chi connectivity index (χ0v) is 12.2. The summed E-state index contributed by atoms with van der Waals surface area (Å²) < 4.78 is 5.11. The van der Waals surface area contributed by atoms with E-state index in [2.05, 4.69) is 0 Å². The van der Waals surface area contributed by atoms with Crippen molar-refractivity contribution in [3.8, 4) is 5.75 Å². The molecule has 1 aromatic rings. The van der Waals surface area contributed by atoms with Crippen molar-refractivity contribution in [3.05, 3.63) is 29.8 Å². The molecule has 1 aliphatic heterocycles. The summed E-state index contributed by atoms with van der Waals surface area (Å²) in [5.41, 5.74) is 1.01. The van der Waals surface area contributed by atoms with E-state index in [1.165, 1.54) is 0 Å². The normalized spacial score (nSPS) is 17.9. The summed E-state index contributed by atoms with van der Waals surface area (Å²) in [4.78, 5) is 14.1. The summed E-state index contributed by atoms with van der Waals surface area (Å²) in [5, 5.41) is 9.57. The SMILES string of the molecule is COc1ccc(CC(=O)N2CCC(C(C)O)CC2)cc1. The van der Waals surface area contributed by atoms with Gasteiger partial charge in [-0.15, -0.1) is 0 Å². The van der Waals surface area contributed by atoms with Crippen LogP contribution in [0.3, 0.4) is 0 Å². The lowest BCUT2D eigenvalue weighted by molar-refractivity contribution is -0.132. The lowest BCUT2D eigenvalue weighted by Gasteiger charge is -2.33. The van der Waals surface area contributed by atoms with Crippen LogP contribution in [0, 0.1) is 5.92 Å². The zero-order chi connectivity index (χ0) is 14.5. The van der Waals surface area contributed by atoms with Gasteiger partial charge >= 0.3 is 0 Å². The van der Waals surface area contributed by atoms with Crippen molar-refractivity contribution in [2.75, 3.05) is 20.2 Å². The summed E-state index contributed by atoms with van der Waals surface area (Å²) in [6, 6.07) is 7.61. The number of methoxy groups -OCH3 is 1. The second-order valence-electron chi connectivity index (χ2n) is 5.48. The van der Waals surface area contributed by atoms with Gasteiger partial charge in [-0.25, -0.2) is 0 Å². The van der Waals surface area contributed by atoms with Crippen LogP contribution in [-0.4, -0.2) is 42.2 Å². The molecule has 1 unspecified atom stereocenters. The van der Waals surface area contributed by atoms with Crippen LogP contribution in [0.15, 0.2) is 24.3 Å². The van der Waals surface area contributed by atoms with E-state index >= 15 is 0 Å². The van der Waals surface area contributed by atoms with Crippen LogP contribution in [-0.2, 0) is 11.2 Å². The van der Waals surface area contributed by atoms with Crippen molar-refractivity contribution in [1.82, 2.24) is 4.90 Å². The molecule has 1 amide bonds. The third-order valence-corrected chi connectivity index (χ3v) is 4.09. The van der Waals surface area contributed by atoms with Crippen LogP contribution >= 0.6 is 0 Å². The molecule has 4 heteroatoms. The maximum atomic E-state index is 12.2. The second-order valence-corrected chi connectivity index (χ2v) is 5.48. The van der Waals surface area contributed by atoms with Crippen LogP contribution in [0.1, 0.15) is 25.3 Å². The fraction of sp³-hybridized carbons (Fsp3) is 0.562. The second kappa shape index (κ2) is 6.75. The summed E-state index contributed by atoms with van der Waals surface area (Å²) in [7, 11) is 1.63. The maximum Gasteiger partial charge on any atom is 0.226 e. The van der Waals surface area contributed by atoms with Gasteiger partial charge in [-0.1, -0.05) is 12.1 Å². The Bertz CT molecular complexity index is 434. The minimum atomic E-state index is -0.270. The first-order chi connectivity index (χ1) is 9.60. The van der Waals surface area contributed by atoms with E-state index in [9.17, 15) is 9.90 Å². The molecule has 2 rings (SSSR count). The number of likely N-dealkylation sites (tertiary alicyclic amines) is 1. The molecule has 0 saturated carbocycles. The number of piperidine rings is 1. The highest BCUT2D eigenvalue weighted by Crippen LogP contribution is 2.21. The Hall–Kier alpha value is -1.55. The van der Waals surface area contributed by atoms with Crippen molar-refractivity contribution < 1.29 is 14.6 Å². The molecule has 1 aromatic carbocycles. The fourth-order valence-corrected chi connectivity index (χ4v) is 2.66. The Morgan fingerprint density at radius 3 is 2.45 bits per heavy atom. The van der Waals surface area contributed by atoms with E-state index < -0.39 is 0 Å². The number of benzene rings is 1. The molecule has 0 bridgehead atoms. The van der Waals surface area contributed by atoms with Gasteiger partial charge < -0.3 is 14.7 Å². The highest BCUT2D eigenvalue weighted by atomic mass is 16.5. The van der Waals surface area contributed by atoms with Gasteiger partial charge in [0.1, 0.15) is 5.75 Å². The third-order valence-electron chi connectivity index (χ3n) is 4.09. The first-order valence-corrected chi connectivity index (χ1v) is 7.19. The Labute approximate surface area is 120 Å². The number of amides is 1. The molecule has 1 heterocycles. The van der Waals surface area contributed by atoms with Crippen LogP contribution in [0.2, 0.25) is 0 Å². The lowest BCUT2D eigenvalue weighted by Crippen LogP contribution is -2.41. The smallest absolute Gasteiger partial charge is 0.226 e. The van der Waals surface area contributed by atoms with Gasteiger partial charge in [0.05, 0.1) is 19.6 Å².